The highest BCUT2D eigenvalue weighted by atomic mass is 19.2. The van der Waals surface area contributed by atoms with Gasteiger partial charge in [0.1, 0.15) is 0 Å². The third-order valence-corrected chi connectivity index (χ3v) is 3.74. The lowest BCUT2D eigenvalue weighted by molar-refractivity contribution is 0.0958. The number of fused-ring (bicyclic) bond motifs is 2. The lowest BCUT2D eigenvalue weighted by atomic mass is 10.1. The number of hydrogen-bond acceptors (Lipinski definition) is 3. The number of pyridine rings is 1. The Kier molecular flexibility index (Phi) is 2.53. The van der Waals surface area contributed by atoms with E-state index in [2.05, 4.69) is 15.4 Å². The molecular weight excluding hydrogens is 290 g/mol. The van der Waals surface area contributed by atoms with Gasteiger partial charge >= 0.3 is 0 Å². The summed E-state index contributed by atoms with van der Waals surface area (Å²) in [6.45, 7) is 1.83. The van der Waals surface area contributed by atoms with Gasteiger partial charge in [0.25, 0.3) is 5.91 Å². The van der Waals surface area contributed by atoms with Crippen molar-refractivity contribution in [1.82, 2.24) is 20.1 Å². The molecule has 0 spiro atoms. The number of carbonyl (C=O) groups is 1. The summed E-state index contributed by atoms with van der Waals surface area (Å²) < 4.78 is 28.1. The molecule has 0 bridgehead atoms. The van der Waals surface area contributed by atoms with Crippen molar-refractivity contribution in [1.29, 1.82) is 0 Å². The SMILES string of the molecule is CC1NC(=O)c2ccc(-n3ncc4cc(F)c(F)cc43)nc21. The second kappa shape index (κ2) is 4.33. The van der Waals surface area contributed by atoms with Gasteiger partial charge in [0.05, 0.1) is 29.0 Å². The fourth-order valence-corrected chi connectivity index (χ4v) is 2.65. The van der Waals surface area contributed by atoms with Gasteiger partial charge in [-0.25, -0.2) is 18.4 Å². The number of aromatic nitrogens is 3. The predicted octanol–water partition coefficient (Wildman–Crippen LogP) is 2.50. The molecule has 0 radical (unpaired) electrons. The molecule has 1 amide bonds. The maximum atomic E-state index is 13.5. The number of benzene rings is 1. The minimum Gasteiger partial charge on any atom is -0.344 e. The van der Waals surface area contributed by atoms with Crippen molar-refractivity contribution in [2.45, 2.75) is 13.0 Å². The molecule has 0 fully saturated rings. The van der Waals surface area contributed by atoms with Crippen LogP contribution in [0.3, 0.4) is 0 Å². The highest BCUT2D eigenvalue weighted by molar-refractivity contribution is 5.98. The summed E-state index contributed by atoms with van der Waals surface area (Å²) in [5.41, 5.74) is 1.55. The summed E-state index contributed by atoms with van der Waals surface area (Å²) in [5.74, 6) is -1.58. The zero-order valence-corrected chi connectivity index (χ0v) is 11.5. The molecule has 5 nitrogen and oxygen atoms in total. The van der Waals surface area contributed by atoms with E-state index in [0.717, 1.165) is 12.1 Å². The number of halogens is 2. The Labute approximate surface area is 123 Å². The molecule has 1 aromatic carbocycles. The monoisotopic (exact) mass is 300 g/mol. The van der Waals surface area contributed by atoms with Crippen LogP contribution in [-0.4, -0.2) is 20.7 Å². The van der Waals surface area contributed by atoms with Crippen LogP contribution in [-0.2, 0) is 0 Å². The van der Waals surface area contributed by atoms with Crippen molar-refractivity contribution in [3.63, 3.8) is 0 Å². The molecule has 0 aliphatic carbocycles. The normalized spacial score (nSPS) is 16.9. The van der Waals surface area contributed by atoms with Crippen molar-refractivity contribution in [3.05, 3.63) is 53.4 Å². The predicted molar refractivity (Wildman–Crippen MR) is 74.7 cm³/mol. The van der Waals surface area contributed by atoms with E-state index in [1.54, 1.807) is 12.1 Å². The Morgan fingerprint density at radius 1 is 1.23 bits per heavy atom. The molecule has 2 aromatic heterocycles. The van der Waals surface area contributed by atoms with Crippen molar-refractivity contribution in [2.75, 3.05) is 0 Å². The Morgan fingerprint density at radius 3 is 2.82 bits per heavy atom. The van der Waals surface area contributed by atoms with E-state index >= 15 is 0 Å². The first kappa shape index (κ1) is 12.9. The van der Waals surface area contributed by atoms with E-state index in [1.165, 1.54) is 10.9 Å². The van der Waals surface area contributed by atoms with Crippen LogP contribution in [0.25, 0.3) is 16.7 Å². The van der Waals surface area contributed by atoms with Crippen LogP contribution in [0.15, 0.2) is 30.5 Å². The molecule has 1 atom stereocenters. The van der Waals surface area contributed by atoms with Crippen LogP contribution >= 0.6 is 0 Å². The van der Waals surface area contributed by atoms with Crippen molar-refractivity contribution in [2.24, 2.45) is 0 Å². The smallest absolute Gasteiger partial charge is 0.253 e. The van der Waals surface area contributed by atoms with Gasteiger partial charge in [-0.2, -0.15) is 5.10 Å². The van der Waals surface area contributed by atoms with E-state index in [-0.39, 0.29) is 11.9 Å². The Hall–Kier alpha value is -2.83. The molecule has 1 aliphatic rings. The summed E-state index contributed by atoms with van der Waals surface area (Å²) in [5, 5.41) is 7.38. The fraction of sp³-hybridized carbons (Fsp3) is 0.133. The first-order chi connectivity index (χ1) is 10.5. The molecule has 0 saturated heterocycles. The average Bonchev–Trinajstić information content (AvgIpc) is 3.01. The quantitative estimate of drug-likeness (QED) is 0.751. The van der Waals surface area contributed by atoms with Gasteiger partial charge in [-0.15, -0.1) is 0 Å². The molecule has 110 valence electrons. The van der Waals surface area contributed by atoms with E-state index in [9.17, 15) is 13.6 Å². The van der Waals surface area contributed by atoms with E-state index < -0.39 is 11.6 Å². The van der Waals surface area contributed by atoms with Gasteiger partial charge < -0.3 is 5.32 Å². The Bertz CT molecular complexity index is 935. The van der Waals surface area contributed by atoms with Gasteiger partial charge in [-0.1, -0.05) is 0 Å². The number of hydrogen-bond donors (Lipinski definition) is 1. The first-order valence-electron chi connectivity index (χ1n) is 6.69. The molecule has 0 saturated carbocycles. The van der Waals surface area contributed by atoms with Gasteiger partial charge in [0.2, 0.25) is 0 Å². The average molecular weight is 300 g/mol. The van der Waals surface area contributed by atoms with Gasteiger partial charge in [0.15, 0.2) is 17.5 Å². The maximum Gasteiger partial charge on any atom is 0.253 e. The number of rotatable bonds is 1. The number of amides is 1. The molecular formula is C15H10F2N4O. The zero-order chi connectivity index (χ0) is 15.4. The van der Waals surface area contributed by atoms with Crippen molar-refractivity contribution < 1.29 is 13.6 Å². The van der Waals surface area contributed by atoms with Crippen LogP contribution in [0.5, 0.6) is 0 Å². The summed E-state index contributed by atoms with van der Waals surface area (Å²) >= 11 is 0. The Morgan fingerprint density at radius 2 is 2.00 bits per heavy atom. The maximum absolute atomic E-state index is 13.5. The van der Waals surface area contributed by atoms with E-state index in [1.807, 2.05) is 6.92 Å². The van der Waals surface area contributed by atoms with Gasteiger partial charge in [0, 0.05) is 11.5 Å². The van der Waals surface area contributed by atoms with Crippen LogP contribution < -0.4 is 5.32 Å². The number of nitrogens with one attached hydrogen (secondary N) is 1. The summed E-state index contributed by atoms with van der Waals surface area (Å²) in [6, 6.07) is 5.27. The molecule has 3 heterocycles. The van der Waals surface area contributed by atoms with Crippen LogP contribution in [0, 0.1) is 11.6 Å². The second-order valence-corrected chi connectivity index (χ2v) is 5.18. The summed E-state index contributed by atoms with van der Waals surface area (Å²) in [6.07, 6.45) is 1.44. The van der Waals surface area contributed by atoms with Crippen LogP contribution in [0.2, 0.25) is 0 Å². The van der Waals surface area contributed by atoms with Crippen molar-refractivity contribution in [3.8, 4) is 5.82 Å². The topological polar surface area (TPSA) is 59.8 Å². The molecule has 4 rings (SSSR count). The third-order valence-electron chi connectivity index (χ3n) is 3.74. The molecule has 3 aromatic rings. The van der Waals surface area contributed by atoms with Gasteiger partial charge in [-0.3, -0.25) is 4.79 Å². The lowest BCUT2D eigenvalue weighted by Gasteiger charge is -2.07. The number of carbonyl (C=O) groups excluding carboxylic acids is 1. The van der Waals surface area contributed by atoms with Gasteiger partial charge in [-0.05, 0) is 25.1 Å². The minimum atomic E-state index is -0.944. The van der Waals surface area contributed by atoms with Crippen molar-refractivity contribution >= 4 is 16.8 Å². The van der Waals surface area contributed by atoms with E-state index in [4.69, 9.17) is 0 Å². The number of nitrogens with zero attached hydrogens (tertiary/aromatic N) is 3. The van der Waals surface area contributed by atoms with Crippen LogP contribution in [0.1, 0.15) is 29.0 Å². The fourth-order valence-electron chi connectivity index (χ4n) is 2.65. The Balaban J connectivity index is 1.91. The van der Waals surface area contributed by atoms with Crippen LogP contribution in [0.4, 0.5) is 8.78 Å². The molecule has 22 heavy (non-hydrogen) atoms. The minimum absolute atomic E-state index is 0.167. The molecule has 1 unspecified atom stereocenters. The van der Waals surface area contributed by atoms with E-state index in [0.29, 0.717) is 28.0 Å². The highest BCUT2D eigenvalue weighted by Crippen LogP contribution is 2.26. The molecule has 7 heteroatoms. The standard InChI is InChI=1S/C15H10F2N4O/c1-7-14-9(15(22)19-7)2-3-13(20-14)21-12-5-11(17)10(16)4-8(12)6-18-21/h2-7H,1H3,(H,19,22). The lowest BCUT2D eigenvalue weighted by Crippen LogP contribution is -2.16. The summed E-state index contributed by atoms with van der Waals surface area (Å²) in [4.78, 5) is 16.1. The third kappa shape index (κ3) is 1.71. The highest BCUT2D eigenvalue weighted by Gasteiger charge is 2.27. The molecule has 1 aliphatic heterocycles. The second-order valence-electron chi connectivity index (χ2n) is 5.18. The zero-order valence-electron chi connectivity index (χ0n) is 11.5. The summed E-state index contributed by atoms with van der Waals surface area (Å²) in [7, 11) is 0. The first-order valence-corrected chi connectivity index (χ1v) is 6.69. The largest absolute Gasteiger partial charge is 0.344 e. The molecule has 1 N–H and O–H groups in total.